The van der Waals surface area contributed by atoms with E-state index in [1.165, 1.54) is 0 Å². The maximum Gasteiger partial charge on any atom is 0.125 e. The predicted molar refractivity (Wildman–Crippen MR) is 63.4 cm³/mol. The highest BCUT2D eigenvalue weighted by molar-refractivity contribution is 14.1. The normalized spacial score (nSPS) is 23.9. The first-order valence-electron chi connectivity index (χ1n) is 4.64. The second-order valence-electron chi connectivity index (χ2n) is 4.26. The van der Waals surface area contributed by atoms with Crippen LogP contribution in [0.5, 0.6) is 5.75 Å². The average molecular weight is 304 g/mol. The molecule has 1 aliphatic rings. The molecule has 0 fully saturated rings. The van der Waals surface area contributed by atoms with Gasteiger partial charge in [0.1, 0.15) is 11.4 Å². The van der Waals surface area contributed by atoms with Gasteiger partial charge in [-0.1, -0.05) is 0 Å². The summed E-state index contributed by atoms with van der Waals surface area (Å²) in [6.45, 7) is 3.99. The molecule has 1 unspecified atom stereocenters. The molecule has 2 rings (SSSR count). The van der Waals surface area contributed by atoms with Gasteiger partial charge in [-0.15, -0.1) is 0 Å². The fraction of sp³-hybridized carbons (Fsp3) is 0.455. The summed E-state index contributed by atoms with van der Waals surface area (Å²) in [7, 11) is 0. The Morgan fingerprint density at radius 1 is 1.50 bits per heavy atom. The van der Waals surface area contributed by atoms with E-state index < -0.39 is 6.10 Å². The van der Waals surface area contributed by atoms with Crippen LogP contribution in [-0.4, -0.2) is 10.7 Å². The van der Waals surface area contributed by atoms with Crippen molar-refractivity contribution in [2.75, 3.05) is 0 Å². The molecule has 3 heteroatoms. The largest absolute Gasteiger partial charge is 0.487 e. The lowest BCUT2D eigenvalue weighted by Gasteiger charge is -2.35. The van der Waals surface area contributed by atoms with E-state index in [0.717, 1.165) is 14.9 Å². The van der Waals surface area contributed by atoms with E-state index >= 15 is 0 Å². The zero-order valence-electron chi connectivity index (χ0n) is 8.25. The van der Waals surface area contributed by atoms with Crippen LogP contribution in [-0.2, 0) is 0 Å². The number of fused-ring (bicyclic) bond motifs is 1. The lowest BCUT2D eigenvalue weighted by molar-refractivity contribution is 0.0115. The minimum absolute atomic E-state index is 0.265. The average Bonchev–Trinajstić information content (AvgIpc) is 2.05. The molecule has 1 N–H and O–H groups in total. The molecule has 0 saturated carbocycles. The Balaban J connectivity index is 2.45. The molecule has 14 heavy (non-hydrogen) atoms. The van der Waals surface area contributed by atoms with Gasteiger partial charge < -0.3 is 9.84 Å². The van der Waals surface area contributed by atoms with Crippen LogP contribution in [0, 0.1) is 3.57 Å². The first-order chi connectivity index (χ1) is 6.48. The molecule has 1 heterocycles. The van der Waals surface area contributed by atoms with Gasteiger partial charge in [-0.05, 0) is 54.6 Å². The Bertz CT molecular complexity index is 360. The lowest BCUT2D eigenvalue weighted by atomic mass is 9.92. The fourth-order valence-electron chi connectivity index (χ4n) is 1.79. The first-order valence-corrected chi connectivity index (χ1v) is 5.72. The fourth-order valence-corrected chi connectivity index (χ4v) is 2.30. The van der Waals surface area contributed by atoms with E-state index in [0.29, 0.717) is 6.42 Å². The molecule has 1 aromatic rings. The van der Waals surface area contributed by atoms with Gasteiger partial charge in [0.25, 0.3) is 0 Å². The quantitative estimate of drug-likeness (QED) is 0.747. The van der Waals surface area contributed by atoms with Crippen molar-refractivity contribution in [1.29, 1.82) is 0 Å². The molecule has 0 saturated heterocycles. The summed E-state index contributed by atoms with van der Waals surface area (Å²) in [5.41, 5.74) is 0.648. The predicted octanol–water partition coefficient (Wildman–Crippen LogP) is 2.89. The van der Waals surface area contributed by atoms with E-state index in [2.05, 4.69) is 22.6 Å². The van der Waals surface area contributed by atoms with Gasteiger partial charge >= 0.3 is 0 Å². The van der Waals surface area contributed by atoms with Crippen LogP contribution in [0.2, 0.25) is 0 Å². The van der Waals surface area contributed by atoms with Gasteiger partial charge in [0.05, 0.1) is 6.10 Å². The highest BCUT2D eigenvalue weighted by Crippen LogP contribution is 2.39. The number of rotatable bonds is 0. The van der Waals surface area contributed by atoms with Crippen LogP contribution in [0.3, 0.4) is 0 Å². The summed E-state index contributed by atoms with van der Waals surface area (Å²) in [6, 6.07) is 5.91. The minimum Gasteiger partial charge on any atom is -0.487 e. The van der Waals surface area contributed by atoms with Crippen molar-refractivity contribution >= 4 is 22.6 Å². The number of ether oxygens (including phenoxy) is 1. The zero-order valence-corrected chi connectivity index (χ0v) is 10.4. The van der Waals surface area contributed by atoms with Crippen molar-refractivity contribution in [3.05, 3.63) is 27.3 Å². The summed E-state index contributed by atoms with van der Waals surface area (Å²) in [5.74, 6) is 0.814. The van der Waals surface area contributed by atoms with E-state index in [9.17, 15) is 5.11 Å². The highest BCUT2D eigenvalue weighted by Gasteiger charge is 2.32. The van der Waals surface area contributed by atoms with Gasteiger partial charge in [-0.3, -0.25) is 0 Å². The number of halogens is 1. The number of benzene rings is 1. The molecule has 1 atom stereocenters. The van der Waals surface area contributed by atoms with Gasteiger partial charge in [-0.25, -0.2) is 0 Å². The van der Waals surface area contributed by atoms with Crippen molar-refractivity contribution in [3.63, 3.8) is 0 Å². The third kappa shape index (κ3) is 1.88. The molecular weight excluding hydrogens is 291 g/mol. The second kappa shape index (κ2) is 3.38. The van der Waals surface area contributed by atoms with Crippen LogP contribution in [0.1, 0.15) is 31.9 Å². The lowest BCUT2D eigenvalue weighted by Crippen LogP contribution is -2.34. The molecule has 0 aliphatic carbocycles. The summed E-state index contributed by atoms with van der Waals surface area (Å²) < 4.78 is 6.91. The number of hydrogen-bond acceptors (Lipinski definition) is 2. The van der Waals surface area contributed by atoms with Crippen LogP contribution in [0.15, 0.2) is 18.2 Å². The summed E-state index contributed by atoms with van der Waals surface area (Å²) in [4.78, 5) is 0. The van der Waals surface area contributed by atoms with Crippen LogP contribution in [0.25, 0.3) is 0 Å². The third-order valence-electron chi connectivity index (χ3n) is 2.40. The third-order valence-corrected chi connectivity index (χ3v) is 3.07. The molecule has 0 radical (unpaired) electrons. The Kier molecular flexibility index (Phi) is 2.47. The van der Waals surface area contributed by atoms with E-state index in [1.54, 1.807) is 0 Å². The first kappa shape index (κ1) is 10.2. The van der Waals surface area contributed by atoms with Gasteiger partial charge in [0.15, 0.2) is 0 Å². The molecule has 76 valence electrons. The van der Waals surface area contributed by atoms with E-state index in [1.807, 2.05) is 32.0 Å². The minimum atomic E-state index is -0.400. The second-order valence-corrected chi connectivity index (χ2v) is 5.51. The van der Waals surface area contributed by atoms with Crippen molar-refractivity contribution < 1.29 is 9.84 Å². The highest BCUT2D eigenvalue weighted by atomic mass is 127. The summed E-state index contributed by atoms with van der Waals surface area (Å²) in [5, 5.41) is 9.94. The molecule has 0 aromatic heterocycles. The molecule has 0 spiro atoms. The number of aliphatic hydroxyl groups is 1. The van der Waals surface area contributed by atoms with Crippen molar-refractivity contribution in [2.24, 2.45) is 0 Å². The van der Waals surface area contributed by atoms with E-state index in [4.69, 9.17) is 4.74 Å². The SMILES string of the molecule is CC1(C)CC(O)c2cc(I)ccc2O1. The molecule has 2 nitrogen and oxygen atoms in total. The molecule has 0 amide bonds. The Morgan fingerprint density at radius 2 is 2.21 bits per heavy atom. The Labute approximate surface area is 97.4 Å². The van der Waals surface area contributed by atoms with E-state index in [-0.39, 0.29) is 5.60 Å². The molecular formula is C11H13IO2. The monoisotopic (exact) mass is 304 g/mol. The van der Waals surface area contributed by atoms with Crippen LogP contribution >= 0.6 is 22.6 Å². The van der Waals surface area contributed by atoms with Gasteiger partial charge in [0, 0.05) is 15.6 Å². The topological polar surface area (TPSA) is 29.5 Å². The molecule has 1 aliphatic heterocycles. The number of hydrogen-bond donors (Lipinski definition) is 1. The Morgan fingerprint density at radius 3 is 2.93 bits per heavy atom. The number of aliphatic hydroxyl groups excluding tert-OH is 1. The smallest absolute Gasteiger partial charge is 0.125 e. The van der Waals surface area contributed by atoms with Crippen LogP contribution in [0.4, 0.5) is 0 Å². The summed E-state index contributed by atoms with van der Waals surface area (Å²) in [6.07, 6.45) is 0.253. The van der Waals surface area contributed by atoms with Crippen molar-refractivity contribution in [3.8, 4) is 5.75 Å². The van der Waals surface area contributed by atoms with Crippen molar-refractivity contribution in [1.82, 2.24) is 0 Å². The van der Waals surface area contributed by atoms with Gasteiger partial charge in [0.2, 0.25) is 0 Å². The molecule has 1 aromatic carbocycles. The Hall–Kier alpha value is -0.290. The maximum absolute atomic E-state index is 9.94. The maximum atomic E-state index is 9.94. The van der Waals surface area contributed by atoms with Crippen LogP contribution < -0.4 is 4.74 Å². The molecule has 0 bridgehead atoms. The zero-order chi connectivity index (χ0) is 10.3. The standard InChI is InChI=1S/C11H13IO2/c1-11(2)6-9(13)8-5-7(12)3-4-10(8)14-11/h3-5,9,13H,6H2,1-2H3. The van der Waals surface area contributed by atoms with Gasteiger partial charge in [-0.2, -0.15) is 0 Å². The summed E-state index contributed by atoms with van der Waals surface area (Å²) >= 11 is 2.24. The van der Waals surface area contributed by atoms with Crippen molar-refractivity contribution in [2.45, 2.75) is 32.0 Å².